The number of hydrogen-bond donors (Lipinski definition) is 4. The maximum Gasteiger partial charge on any atom is 0.408 e. The maximum absolute atomic E-state index is 14.1. The number of nitrogens with one attached hydrogen (secondary N) is 4. The zero-order chi connectivity index (χ0) is 32.1. The number of alkyl carbamates (subject to hydrolysis) is 1. The van der Waals surface area contributed by atoms with Crippen LogP contribution in [0, 0.1) is 0 Å². The number of hydrogen-bond acceptors (Lipinski definition) is 6. The summed E-state index contributed by atoms with van der Waals surface area (Å²) in [6.45, 7) is 7.47. The molecule has 3 atom stereocenters. The molecule has 1 fully saturated rings. The van der Waals surface area contributed by atoms with Crippen molar-refractivity contribution in [2.75, 3.05) is 13.2 Å². The van der Waals surface area contributed by atoms with E-state index in [0.717, 1.165) is 32.9 Å². The number of aromatic amines is 2. The number of carbonyl (C=O) groups is 4. The average Bonchev–Trinajstić information content (AvgIpc) is 3.74. The first-order chi connectivity index (χ1) is 21.5. The second-order valence-electron chi connectivity index (χ2n) is 12.3. The first-order valence-corrected chi connectivity index (χ1v) is 15.4. The zero-order valence-electron chi connectivity index (χ0n) is 26.1. The molecule has 2 aromatic heterocycles. The van der Waals surface area contributed by atoms with Crippen LogP contribution in [-0.2, 0) is 36.7 Å². The van der Waals surface area contributed by atoms with Crippen LogP contribution in [0.4, 0.5) is 4.79 Å². The SMILES string of the molecule is CCOC(=O)[C@H](Cc1c[nH]c2ccccc12)NC(=O)[C@@H]1CCCN1C(=O)[C@H](Cc1c[nH]c2ccccc12)NC(=O)OC(C)(C)C. The van der Waals surface area contributed by atoms with E-state index in [1.807, 2.05) is 60.9 Å². The highest BCUT2D eigenvalue weighted by Gasteiger charge is 2.40. The molecule has 0 bridgehead atoms. The number of esters is 1. The smallest absolute Gasteiger partial charge is 0.408 e. The molecule has 1 aliphatic heterocycles. The fraction of sp³-hybridized carbons (Fsp3) is 0.412. The first-order valence-electron chi connectivity index (χ1n) is 15.4. The summed E-state index contributed by atoms with van der Waals surface area (Å²) < 4.78 is 10.8. The molecule has 11 heteroatoms. The van der Waals surface area contributed by atoms with Crippen LogP contribution in [0.15, 0.2) is 60.9 Å². The van der Waals surface area contributed by atoms with Crippen LogP contribution in [0.3, 0.4) is 0 Å². The molecule has 45 heavy (non-hydrogen) atoms. The van der Waals surface area contributed by atoms with E-state index in [9.17, 15) is 19.2 Å². The number of aromatic nitrogens is 2. The maximum atomic E-state index is 14.1. The molecule has 5 rings (SSSR count). The zero-order valence-corrected chi connectivity index (χ0v) is 26.1. The van der Waals surface area contributed by atoms with Crippen LogP contribution in [0.25, 0.3) is 21.8 Å². The quantitative estimate of drug-likeness (QED) is 0.195. The van der Waals surface area contributed by atoms with Gasteiger partial charge in [-0.15, -0.1) is 0 Å². The van der Waals surface area contributed by atoms with Crippen molar-refractivity contribution in [3.8, 4) is 0 Å². The molecular formula is C34H41N5O6. The lowest BCUT2D eigenvalue weighted by molar-refractivity contribution is -0.148. The Kier molecular flexibility index (Phi) is 9.45. The molecule has 1 aliphatic rings. The number of nitrogens with zero attached hydrogens (tertiary/aromatic N) is 1. The summed E-state index contributed by atoms with van der Waals surface area (Å²) in [5, 5.41) is 7.52. The van der Waals surface area contributed by atoms with Crippen LogP contribution < -0.4 is 10.6 Å². The predicted molar refractivity (Wildman–Crippen MR) is 170 cm³/mol. The molecule has 1 saturated heterocycles. The van der Waals surface area contributed by atoms with Gasteiger partial charge in [-0.3, -0.25) is 9.59 Å². The van der Waals surface area contributed by atoms with E-state index in [1.54, 1.807) is 27.7 Å². The van der Waals surface area contributed by atoms with E-state index < -0.39 is 47.6 Å². The second-order valence-corrected chi connectivity index (χ2v) is 12.3. The van der Waals surface area contributed by atoms with Gasteiger partial charge in [0, 0.05) is 53.6 Å². The van der Waals surface area contributed by atoms with E-state index in [-0.39, 0.29) is 19.4 Å². The predicted octanol–water partition coefficient (Wildman–Crippen LogP) is 4.37. The van der Waals surface area contributed by atoms with Gasteiger partial charge in [-0.2, -0.15) is 0 Å². The summed E-state index contributed by atoms with van der Waals surface area (Å²) >= 11 is 0. The standard InChI is InChI=1S/C34H41N5O6/c1-5-44-32(42)28(18-22-20-36-26-14-9-7-12-24(22)26)37-30(40)29-15-10-16-39(29)31(41)27(38-33(43)45-34(2,3)4)17-21-19-35-25-13-8-6-11-23(21)25/h6-9,11-14,19-20,27-29,35-36H,5,10,15-18H2,1-4H3,(H,37,40)(H,38,43)/t27-,28-,29-/m0/s1. The van der Waals surface area contributed by atoms with Gasteiger partial charge in [0.2, 0.25) is 11.8 Å². The van der Waals surface area contributed by atoms with Gasteiger partial charge in [0.05, 0.1) is 6.61 Å². The largest absolute Gasteiger partial charge is 0.464 e. The Morgan fingerprint density at radius 1 is 0.889 bits per heavy atom. The molecule has 0 saturated carbocycles. The van der Waals surface area contributed by atoms with Crippen molar-refractivity contribution in [1.82, 2.24) is 25.5 Å². The fourth-order valence-corrected chi connectivity index (χ4v) is 5.90. The lowest BCUT2D eigenvalue weighted by Gasteiger charge is -2.30. The number of ether oxygens (including phenoxy) is 2. The number of benzene rings is 2. The topological polar surface area (TPSA) is 146 Å². The minimum atomic E-state index is -0.987. The van der Waals surface area contributed by atoms with Crippen molar-refractivity contribution in [3.05, 3.63) is 72.1 Å². The van der Waals surface area contributed by atoms with Crippen molar-refractivity contribution in [1.29, 1.82) is 0 Å². The van der Waals surface area contributed by atoms with Crippen molar-refractivity contribution in [2.45, 2.75) is 77.1 Å². The highest BCUT2D eigenvalue weighted by molar-refractivity contribution is 5.94. The third kappa shape index (κ3) is 7.47. The van der Waals surface area contributed by atoms with E-state index in [4.69, 9.17) is 9.47 Å². The summed E-state index contributed by atoms with van der Waals surface area (Å²) in [7, 11) is 0. The molecule has 4 N–H and O–H groups in total. The minimum absolute atomic E-state index is 0.166. The third-order valence-electron chi connectivity index (χ3n) is 7.91. The van der Waals surface area contributed by atoms with Crippen molar-refractivity contribution >= 4 is 45.7 Å². The highest BCUT2D eigenvalue weighted by atomic mass is 16.6. The summed E-state index contributed by atoms with van der Waals surface area (Å²) in [5.74, 6) is -1.38. The molecule has 3 heterocycles. The summed E-state index contributed by atoms with van der Waals surface area (Å²) in [4.78, 5) is 61.7. The molecule has 2 aromatic carbocycles. The number of fused-ring (bicyclic) bond motifs is 2. The average molecular weight is 616 g/mol. The number of carbonyl (C=O) groups excluding carboxylic acids is 4. The van der Waals surface area contributed by atoms with Gasteiger partial charge in [0.1, 0.15) is 23.7 Å². The monoisotopic (exact) mass is 615 g/mol. The summed E-state index contributed by atoms with van der Waals surface area (Å²) in [6.07, 6.45) is 4.37. The van der Waals surface area contributed by atoms with E-state index in [2.05, 4.69) is 20.6 Å². The minimum Gasteiger partial charge on any atom is -0.464 e. The van der Waals surface area contributed by atoms with Gasteiger partial charge >= 0.3 is 12.1 Å². The summed E-state index contributed by atoms with van der Waals surface area (Å²) in [6, 6.07) is 12.7. The van der Waals surface area contributed by atoms with E-state index in [0.29, 0.717) is 19.4 Å². The Balaban J connectivity index is 1.36. The first kappa shape index (κ1) is 31.6. The Bertz CT molecular complexity index is 1680. The molecule has 11 nitrogen and oxygen atoms in total. The second kappa shape index (κ2) is 13.5. The number of H-pyrrole nitrogens is 2. The normalized spacial score (nSPS) is 16.4. The van der Waals surface area contributed by atoms with Gasteiger partial charge < -0.3 is 35.0 Å². The molecule has 0 spiro atoms. The van der Waals surface area contributed by atoms with Crippen LogP contribution in [0.1, 0.15) is 51.7 Å². The van der Waals surface area contributed by atoms with Gasteiger partial charge in [0.15, 0.2) is 0 Å². The Morgan fingerprint density at radius 3 is 2.04 bits per heavy atom. The molecule has 0 unspecified atom stereocenters. The van der Waals surface area contributed by atoms with Crippen LogP contribution in [0.5, 0.6) is 0 Å². The molecule has 4 aromatic rings. The van der Waals surface area contributed by atoms with Crippen molar-refractivity contribution < 1.29 is 28.7 Å². The van der Waals surface area contributed by atoms with Gasteiger partial charge in [-0.05, 0) is 63.8 Å². The third-order valence-corrected chi connectivity index (χ3v) is 7.91. The number of amides is 3. The number of rotatable bonds is 10. The van der Waals surface area contributed by atoms with Crippen LogP contribution in [0.2, 0.25) is 0 Å². The molecular weight excluding hydrogens is 574 g/mol. The Hall–Kier alpha value is -4.80. The molecule has 0 aliphatic carbocycles. The fourth-order valence-electron chi connectivity index (χ4n) is 5.90. The molecule has 0 radical (unpaired) electrons. The van der Waals surface area contributed by atoms with Gasteiger partial charge in [0.25, 0.3) is 0 Å². The number of para-hydroxylation sites is 2. The number of likely N-dealkylation sites (tertiary alicyclic amines) is 1. The lowest BCUT2D eigenvalue weighted by Crippen LogP contribution is -2.56. The van der Waals surface area contributed by atoms with Crippen LogP contribution in [-0.4, -0.2) is 75.6 Å². The van der Waals surface area contributed by atoms with Gasteiger partial charge in [-0.25, -0.2) is 9.59 Å². The van der Waals surface area contributed by atoms with Crippen molar-refractivity contribution in [3.63, 3.8) is 0 Å². The Labute approximate surface area is 262 Å². The van der Waals surface area contributed by atoms with Gasteiger partial charge in [-0.1, -0.05) is 36.4 Å². The highest BCUT2D eigenvalue weighted by Crippen LogP contribution is 2.24. The lowest BCUT2D eigenvalue weighted by atomic mass is 10.0. The van der Waals surface area contributed by atoms with E-state index in [1.165, 1.54) is 4.90 Å². The van der Waals surface area contributed by atoms with Crippen LogP contribution >= 0.6 is 0 Å². The van der Waals surface area contributed by atoms with E-state index >= 15 is 0 Å². The van der Waals surface area contributed by atoms with Crippen molar-refractivity contribution in [2.24, 2.45) is 0 Å². The molecule has 3 amide bonds. The Morgan fingerprint density at radius 2 is 1.47 bits per heavy atom. The molecule has 238 valence electrons. The summed E-state index contributed by atoms with van der Waals surface area (Å²) in [5.41, 5.74) is 2.79.